The molecule has 0 saturated heterocycles. The van der Waals surface area contributed by atoms with Gasteiger partial charge in [-0.05, 0) is 31.2 Å². The Kier molecular flexibility index (Phi) is 6.54. The van der Waals surface area contributed by atoms with Crippen LogP contribution in [0.1, 0.15) is 18.1 Å². The van der Waals surface area contributed by atoms with E-state index in [0.29, 0.717) is 19.1 Å². The molecule has 24 heavy (non-hydrogen) atoms. The second kappa shape index (κ2) is 8.86. The Hall–Kier alpha value is -2.63. The molecular formula is C18H21F2N3O. The van der Waals surface area contributed by atoms with Crippen LogP contribution in [-0.4, -0.2) is 19.6 Å². The van der Waals surface area contributed by atoms with Crippen molar-refractivity contribution in [1.82, 2.24) is 10.6 Å². The van der Waals surface area contributed by atoms with Crippen LogP contribution < -0.4 is 15.4 Å². The molecule has 0 radical (unpaired) electrons. The molecule has 2 aromatic rings. The van der Waals surface area contributed by atoms with E-state index in [1.807, 2.05) is 31.2 Å². The maximum atomic E-state index is 13.6. The third kappa shape index (κ3) is 4.94. The number of ether oxygens (including phenoxy) is 1. The lowest BCUT2D eigenvalue weighted by Crippen LogP contribution is -2.36. The van der Waals surface area contributed by atoms with Crippen molar-refractivity contribution in [2.45, 2.75) is 20.0 Å². The Labute approximate surface area is 140 Å². The Morgan fingerprint density at radius 1 is 1.04 bits per heavy atom. The fourth-order valence-electron chi connectivity index (χ4n) is 2.20. The van der Waals surface area contributed by atoms with Crippen molar-refractivity contribution in [2.24, 2.45) is 4.99 Å². The number of hydrogen-bond donors (Lipinski definition) is 2. The molecule has 2 rings (SSSR count). The second-order valence-corrected chi connectivity index (χ2v) is 5.06. The first-order valence-electron chi connectivity index (χ1n) is 7.73. The number of nitrogens with one attached hydrogen (secondary N) is 2. The monoisotopic (exact) mass is 333 g/mol. The number of benzene rings is 2. The first kappa shape index (κ1) is 17.7. The normalized spacial score (nSPS) is 11.2. The van der Waals surface area contributed by atoms with E-state index in [0.717, 1.165) is 23.4 Å². The van der Waals surface area contributed by atoms with Crippen molar-refractivity contribution in [3.8, 4) is 5.75 Å². The van der Waals surface area contributed by atoms with E-state index in [1.165, 1.54) is 6.07 Å². The lowest BCUT2D eigenvalue weighted by Gasteiger charge is -2.14. The zero-order valence-electron chi connectivity index (χ0n) is 13.8. The standard InChI is InChI=1S/C18H21F2N3O/c1-3-24-17-7-5-4-6-13(17)11-22-18(21-2)23-12-14-10-15(19)8-9-16(14)20/h4-10H,3,11-12H2,1-2H3,(H2,21,22,23). The van der Waals surface area contributed by atoms with Gasteiger partial charge in [0, 0.05) is 31.3 Å². The van der Waals surface area contributed by atoms with Crippen molar-refractivity contribution < 1.29 is 13.5 Å². The zero-order chi connectivity index (χ0) is 17.4. The third-order valence-electron chi connectivity index (χ3n) is 3.40. The van der Waals surface area contributed by atoms with Crippen molar-refractivity contribution in [3.63, 3.8) is 0 Å². The van der Waals surface area contributed by atoms with Gasteiger partial charge in [0.15, 0.2) is 5.96 Å². The fraction of sp³-hybridized carbons (Fsp3) is 0.278. The minimum atomic E-state index is -0.471. The number of hydrogen-bond acceptors (Lipinski definition) is 2. The molecule has 0 fully saturated rings. The molecule has 0 unspecified atom stereocenters. The molecule has 0 aromatic heterocycles. The molecule has 0 aliphatic rings. The van der Waals surface area contributed by atoms with E-state index in [9.17, 15) is 8.78 Å². The topological polar surface area (TPSA) is 45.6 Å². The number of para-hydroxylation sites is 1. The van der Waals surface area contributed by atoms with Gasteiger partial charge in [-0.25, -0.2) is 8.78 Å². The molecule has 0 atom stereocenters. The summed E-state index contributed by atoms with van der Waals surface area (Å²) in [6.07, 6.45) is 0. The second-order valence-electron chi connectivity index (χ2n) is 5.06. The molecule has 0 aliphatic carbocycles. The molecule has 0 spiro atoms. The Morgan fingerprint density at radius 2 is 1.75 bits per heavy atom. The minimum Gasteiger partial charge on any atom is -0.494 e. The van der Waals surface area contributed by atoms with Crippen LogP contribution in [-0.2, 0) is 13.1 Å². The van der Waals surface area contributed by atoms with Gasteiger partial charge in [0.25, 0.3) is 0 Å². The molecule has 0 aliphatic heterocycles. The van der Waals surface area contributed by atoms with E-state index >= 15 is 0 Å². The van der Waals surface area contributed by atoms with Gasteiger partial charge in [0.05, 0.1) is 6.61 Å². The minimum absolute atomic E-state index is 0.135. The van der Waals surface area contributed by atoms with Crippen LogP contribution >= 0.6 is 0 Å². The zero-order valence-corrected chi connectivity index (χ0v) is 13.8. The highest BCUT2D eigenvalue weighted by Gasteiger charge is 2.07. The maximum Gasteiger partial charge on any atom is 0.191 e. The molecular weight excluding hydrogens is 312 g/mol. The smallest absolute Gasteiger partial charge is 0.191 e. The third-order valence-corrected chi connectivity index (χ3v) is 3.40. The summed E-state index contributed by atoms with van der Waals surface area (Å²) >= 11 is 0. The highest BCUT2D eigenvalue weighted by molar-refractivity contribution is 5.79. The first-order chi connectivity index (χ1) is 11.6. The van der Waals surface area contributed by atoms with Crippen molar-refractivity contribution in [1.29, 1.82) is 0 Å². The largest absolute Gasteiger partial charge is 0.494 e. The molecule has 4 nitrogen and oxygen atoms in total. The highest BCUT2D eigenvalue weighted by atomic mass is 19.1. The average Bonchev–Trinajstić information content (AvgIpc) is 2.59. The van der Waals surface area contributed by atoms with Crippen LogP contribution in [0.5, 0.6) is 5.75 Å². The molecule has 6 heteroatoms. The van der Waals surface area contributed by atoms with Gasteiger partial charge >= 0.3 is 0 Å². The van der Waals surface area contributed by atoms with Crippen LogP contribution in [0.15, 0.2) is 47.5 Å². The predicted molar refractivity (Wildman–Crippen MR) is 91.0 cm³/mol. The fourth-order valence-corrected chi connectivity index (χ4v) is 2.20. The molecule has 0 heterocycles. The number of nitrogens with zero attached hydrogens (tertiary/aromatic N) is 1. The van der Waals surface area contributed by atoms with Gasteiger partial charge in [-0.1, -0.05) is 18.2 Å². The van der Waals surface area contributed by atoms with E-state index in [1.54, 1.807) is 7.05 Å². The van der Waals surface area contributed by atoms with E-state index in [-0.39, 0.29) is 12.1 Å². The number of aliphatic imine (C=N–C) groups is 1. The molecule has 0 bridgehead atoms. The summed E-state index contributed by atoms with van der Waals surface area (Å²) in [5.74, 6) is 0.368. The molecule has 128 valence electrons. The van der Waals surface area contributed by atoms with Gasteiger partial charge in [-0.3, -0.25) is 4.99 Å². The molecule has 2 N–H and O–H groups in total. The van der Waals surface area contributed by atoms with Gasteiger partial charge in [0.1, 0.15) is 17.4 Å². The highest BCUT2D eigenvalue weighted by Crippen LogP contribution is 2.17. The summed E-state index contributed by atoms with van der Waals surface area (Å²) in [5.41, 5.74) is 1.23. The predicted octanol–water partition coefficient (Wildman–Crippen LogP) is 3.23. The summed E-state index contributed by atoms with van der Waals surface area (Å²) in [7, 11) is 1.62. The van der Waals surface area contributed by atoms with E-state index in [2.05, 4.69) is 15.6 Å². The van der Waals surface area contributed by atoms with E-state index in [4.69, 9.17) is 4.74 Å². The quantitative estimate of drug-likeness (QED) is 0.630. The van der Waals surface area contributed by atoms with Crippen LogP contribution in [0, 0.1) is 11.6 Å². The molecule has 2 aromatic carbocycles. The summed E-state index contributed by atoms with van der Waals surface area (Å²) in [6.45, 7) is 3.15. The summed E-state index contributed by atoms with van der Waals surface area (Å²) < 4.78 is 32.4. The average molecular weight is 333 g/mol. The summed E-state index contributed by atoms with van der Waals surface area (Å²) in [4.78, 5) is 4.08. The van der Waals surface area contributed by atoms with Crippen LogP contribution in [0.25, 0.3) is 0 Å². The summed E-state index contributed by atoms with van der Waals surface area (Å²) in [5, 5.41) is 6.10. The van der Waals surface area contributed by atoms with Gasteiger partial charge in [-0.15, -0.1) is 0 Å². The van der Waals surface area contributed by atoms with Gasteiger partial charge < -0.3 is 15.4 Å². The lowest BCUT2D eigenvalue weighted by molar-refractivity contribution is 0.336. The first-order valence-corrected chi connectivity index (χ1v) is 7.73. The Bertz CT molecular complexity index is 704. The van der Waals surface area contributed by atoms with Gasteiger partial charge in [0.2, 0.25) is 0 Å². The van der Waals surface area contributed by atoms with Crippen LogP contribution in [0.2, 0.25) is 0 Å². The number of guanidine groups is 1. The Morgan fingerprint density at radius 3 is 2.46 bits per heavy atom. The molecule has 0 saturated carbocycles. The Balaban J connectivity index is 1.95. The van der Waals surface area contributed by atoms with Gasteiger partial charge in [-0.2, -0.15) is 0 Å². The van der Waals surface area contributed by atoms with E-state index < -0.39 is 11.6 Å². The molecule has 0 amide bonds. The maximum absolute atomic E-state index is 13.6. The van der Waals surface area contributed by atoms with Crippen LogP contribution in [0.4, 0.5) is 8.78 Å². The van der Waals surface area contributed by atoms with Crippen molar-refractivity contribution in [2.75, 3.05) is 13.7 Å². The summed E-state index contributed by atoms with van der Waals surface area (Å²) in [6, 6.07) is 11.1. The lowest BCUT2D eigenvalue weighted by atomic mass is 10.2. The van der Waals surface area contributed by atoms with Crippen molar-refractivity contribution >= 4 is 5.96 Å². The number of rotatable bonds is 6. The SMILES string of the molecule is CCOc1ccccc1CNC(=NC)NCc1cc(F)ccc1F. The van der Waals surface area contributed by atoms with Crippen LogP contribution in [0.3, 0.4) is 0 Å². The van der Waals surface area contributed by atoms with Crippen molar-refractivity contribution in [3.05, 3.63) is 65.2 Å². The number of halogens is 2.